The standard InChI is InChI=1S/C18H13NO5/c19-10-12-1-3-13(4-2-12)18(21)24-11-15(20)14-5-6-16-17(9-14)23-8-7-22-16/h1-6,9H,7-8,11H2. The number of carbonyl (C=O) groups is 2. The molecule has 2 aromatic rings. The van der Waals surface area contributed by atoms with E-state index in [2.05, 4.69) is 0 Å². The number of esters is 1. The molecule has 0 aromatic heterocycles. The minimum Gasteiger partial charge on any atom is -0.486 e. The van der Waals surface area contributed by atoms with Crippen LogP contribution in [0, 0.1) is 11.3 Å². The van der Waals surface area contributed by atoms with Crippen LogP contribution in [0.1, 0.15) is 26.3 Å². The lowest BCUT2D eigenvalue weighted by atomic mass is 10.1. The summed E-state index contributed by atoms with van der Waals surface area (Å²) in [5.41, 5.74) is 1.11. The summed E-state index contributed by atoms with van der Waals surface area (Å²) in [6, 6.07) is 12.8. The van der Waals surface area contributed by atoms with Crippen molar-refractivity contribution >= 4 is 11.8 Å². The van der Waals surface area contributed by atoms with Gasteiger partial charge in [0.2, 0.25) is 0 Å². The molecular formula is C18H13NO5. The number of nitriles is 1. The van der Waals surface area contributed by atoms with Gasteiger partial charge in [0.15, 0.2) is 23.9 Å². The number of benzene rings is 2. The molecule has 6 heteroatoms. The van der Waals surface area contributed by atoms with Crippen molar-refractivity contribution in [3.05, 3.63) is 59.2 Å². The molecule has 6 nitrogen and oxygen atoms in total. The molecule has 1 heterocycles. The highest BCUT2D eigenvalue weighted by molar-refractivity contribution is 5.99. The zero-order chi connectivity index (χ0) is 16.9. The van der Waals surface area contributed by atoms with Crippen molar-refractivity contribution in [2.24, 2.45) is 0 Å². The van der Waals surface area contributed by atoms with Crippen molar-refractivity contribution in [3.8, 4) is 17.6 Å². The van der Waals surface area contributed by atoms with Crippen LogP contribution in [0.2, 0.25) is 0 Å². The molecule has 0 amide bonds. The predicted molar refractivity (Wildman–Crippen MR) is 83.2 cm³/mol. The van der Waals surface area contributed by atoms with E-state index in [9.17, 15) is 9.59 Å². The normalized spacial score (nSPS) is 12.1. The highest BCUT2D eigenvalue weighted by atomic mass is 16.6. The third-order valence-corrected chi connectivity index (χ3v) is 3.45. The summed E-state index contributed by atoms with van der Waals surface area (Å²) in [5, 5.41) is 8.72. The van der Waals surface area contributed by atoms with Crippen LogP contribution in [0.5, 0.6) is 11.5 Å². The monoisotopic (exact) mass is 323 g/mol. The first kappa shape index (κ1) is 15.6. The third kappa shape index (κ3) is 3.36. The molecule has 0 radical (unpaired) electrons. The van der Waals surface area contributed by atoms with E-state index in [0.717, 1.165) is 0 Å². The van der Waals surface area contributed by atoms with Gasteiger partial charge < -0.3 is 14.2 Å². The molecule has 120 valence electrons. The fraction of sp³-hybridized carbons (Fsp3) is 0.167. The molecule has 3 rings (SSSR count). The number of hydrogen-bond donors (Lipinski definition) is 0. The second kappa shape index (κ2) is 6.84. The molecule has 0 saturated heterocycles. The molecule has 0 N–H and O–H groups in total. The van der Waals surface area contributed by atoms with E-state index in [1.165, 1.54) is 24.3 Å². The Kier molecular flexibility index (Phi) is 4.43. The molecule has 0 unspecified atom stereocenters. The van der Waals surface area contributed by atoms with Gasteiger partial charge in [0, 0.05) is 5.56 Å². The van der Waals surface area contributed by atoms with Crippen molar-refractivity contribution in [2.45, 2.75) is 0 Å². The van der Waals surface area contributed by atoms with E-state index in [1.54, 1.807) is 18.2 Å². The van der Waals surface area contributed by atoms with Crippen LogP contribution >= 0.6 is 0 Å². The first-order valence-electron chi connectivity index (χ1n) is 7.27. The molecule has 24 heavy (non-hydrogen) atoms. The lowest BCUT2D eigenvalue weighted by Gasteiger charge is -2.18. The first-order chi connectivity index (χ1) is 11.7. The zero-order valence-electron chi connectivity index (χ0n) is 12.7. The van der Waals surface area contributed by atoms with Gasteiger partial charge in [-0.25, -0.2) is 4.79 Å². The minimum atomic E-state index is -0.620. The average molecular weight is 323 g/mol. The van der Waals surface area contributed by atoms with Crippen LogP contribution in [0.3, 0.4) is 0 Å². The van der Waals surface area contributed by atoms with Gasteiger partial charge in [0.25, 0.3) is 0 Å². The van der Waals surface area contributed by atoms with Crippen molar-refractivity contribution in [2.75, 3.05) is 19.8 Å². The molecule has 0 bridgehead atoms. The van der Waals surface area contributed by atoms with Crippen LogP contribution in [-0.2, 0) is 4.74 Å². The van der Waals surface area contributed by atoms with Crippen molar-refractivity contribution in [3.63, 3.8) is 0 Å². The fourth-order valence-electron chi connectivity index (χ4n) is 2.20. The summed E-state index contributed by atoms with van der Waals surface area (Å²) >= 11 is 0. The quantitative estimate of drug-likeness (QED) is 0.634. The summed E-state index contributed by atoms with van der Waals surface area (Å²) in [6.45, 7) is 0.527. The SMILES string of the molecule is N#Cc1ccc(C(=O)OCC(=O)c2ccc3c(c2)OCCO3)cc1. The molecule has 0 aliphatic carbocycles. The smallest absolute Gasteiger partial charge is 0.338 e. The number of fused-ring (bicyclic) bond motifs is 1. The number of rotatable bonds is 4. The summed E-state index contributed by atoms with van der Waals surface area (Å²) in [7, 11) is 0. The highest BCUT2D eigenvalue weighted by Crippen LogP contribution is 2.30. The third-order valence-electron chi connectivity index (χ3n) is 3.45. The number of carbonyl (C=O) groups excluding carboxylic acids is 2. The van der Waals surface area contributed by atoms with Gasteiger partial charge in [-0.2, -0.15) is 5.26 Å². The Labute approximate surface area is 138 Å². The second-order valence-electron chi connectivity index (χ2n) is 5.05. The Morgan fingerprint density at radius 2 is 1.67 bits per heavy atom. The summed E-state index contributed by atoms with van der Waals surface area (Å²) in [4.78, 5) is 24.1. The van der Waals surface area contributed by atoms with Gasteiger partial charge in [0.1, 0.15) is 13.2 Å². The Morgan fingerprint density at radius 3 is 2.38 bits per heavy atom. The van der Waals surface area contributed by atoms with Gasteiger partial charge in [0.05, 0.1) is 17.2 Å². The van der Waals surface area contributed by atoms with Crippen molar-refractivity contribution in [1.82, 2.24) is 0 Å². The van der Waals surface area contributed by atoms with E-state index in [-0.39, 0.29) is 18.0 Å². The highest BCUT2D eigenvalue weighted by Gasteiger charge is 2.16. The molecule has 1 aliphatic rings. The molecule has 0 spiro atoms. The Bertz CT molecular complexity index is 820. The van der Waals surface area contributed by atoms with Gasteiger partial charge in [-0.3, -0.25) is 4.79 Å². The predicted octanol–water partition coefficient (Wildman–Crippen LogP) is 2.37. The molecule has 1 aliphatic heterocycles. The molecule has 2 aromatic carbocycles. The van der Waals surface area contributed by atoms with Gasteiger partial charge in [-0.05, 0) is 42.5 Å². The Morgan fingerprint density at radius 1 is 1.00 bits per heavy atom. The van der Waals surface area contributed by atoms with Crippen LogP contribution in [-0.4, -0.2) is 31.6 Å². The lowest BCUT2D eigenvalue weighted by molar-refractivity contribution is 0.0474. The number of hydrogen-bond acceptors (Lipinski definition) is 6. The summed E-state index contributed by atoms with van der Waals surface area (Å²) in [5.74, 6) is 0.136. The fourth-order valence-corrected chi connectivity index (χ4v) is 2.20. The van der Waals surface area contributed by atoms with E-state index in [1.807, 2.05) is 6.07 Å². The second-order valence-corrected chi connectivity index (χ2v) is 5.05. The van der Waals surface area contributed by atoms with E-state index in [4.69, 9.17) is 19.5 Å². The molecule has 0 saturated carbocycles. The summed E-state index contributed by atoms with van der Waals surface area (Å²) < 4.78 is 15.8. The molecular weight excluding hydrogens is 310 g/mol. The Balaban J connectivity index is 1.62. The topological polar surface area (TPSA) is 85.6 Å². The lowest BCUT2D eigenvalue weighted by Crippen LogP contribution is -2.17. The van der Waals surface area contributed by atoms with Crippen LogP contribution in [0.4, 0.5) is 0 Å². The molecule has 0 fully saturated rings. The number of Topliss-reactive ketones (excluding diaryl/α,β-unsaturated/α-hetero) is 1. The van der Waals surface area contributed by atoms with E-state index >= 15 is 0 Å². The number of ether oxygens (including phenoxy) is 3. The van der Waals surface area contributed by atoms with Gasteiger partial charge in [-0.15, -0.1) is 0 Å². The van der Waals surface area contributed by atoms with Crippen molar-refractivity contribution < 1.29 is 23.8 Å². The number of ketones is 1. The van der Waals surface area contributed by atoms with Gasteiger partial charge in [-0.1, -0.05) is 0 Å². The van der Waals surface area contributed by atoms with E-state index in [0.29, 0.717) is 35.8 Å². The van der Waals surface area contributed by atoms with Crippen LogP contribution < -0.4 is 9.47 Å². The maximum Gasteiger partial charge on any atom is 0.338 e. The maximum absolute atomic E-state index is 12.2. The Hall–Kier alpha value is -3.33. The molecule has 0 atom stereocenters. The van der Waals surface area contributed by atoms with Crippen LogP contribution in [0.15, 0.2) is 42.5 Å². The van der Waals surface area contributed by atoms with Crippen LogP contribution in [0.25, 0.3) is 0 Å². The number of nitrogens with zero attached hydrogens (tertiary/aromatic N) is 1. The van der Waals surface area contributed by atoms with Gasteiger partial charge >= 0.3 is 5.97 Å². The summed E-state index contributed by atoms with van der Waals surface area (Å²) in [6.07, 6.45) is 0. The first-order valence-corrected chi connectivity index (χ1v) is 7.27. The average Bonchev–Trinajstić information content (AvgIpc) is 2.65. The largest absolute Gasteiger partial charge is 0.486 e. The van der Waals surface area contributed by atoms with Crippen molar-refractivity contribution in [1.29, 1.82) is 5.26 Å². The minimum absolute atomic E-state index is 0.281. The van der Waals surface area contributed by atoms with E-state index < -0.39 is 5.97 Å². The maximum atomic E-state index is 12.2. The zero-order valence-corrected chi connectivity index (χ0v) is 12.7.